The van der Waals surface area contributed by atoms with Gasteiger partial charge in [-0.2, -0.15) is 0 Å². The number of aryl methyl sites for hydroxylation is 2. The molecule has 3 unspecified atom stereocenters. The zero-order chi connectivity index (χ0) is 19.4. The molecule has 3 atom stereocenters. The van der Waals surface area contributed by atoms with Gasteiger partial charge >= 0.3 is 5.97 Å². The van der Waals surface area contributed by atoms with Crippen molar-refractivity contribution in [3.8, 4) is 28.4 Å². The SMILES string of the molecule is Cc1cccc(C)c1-c1ccc(Oc2ccc3c(c2)OC2C(C(=O)O)C32)cc1. The first-order valence-corrected chi connectivity index (χ1v) is 9.41. The lowest BCUT2D eigenvalue weighted by atomic mass is 9.96. The lowest BCUT2D eigenvalue weighted by Crippen LogP contribution is -2.08. The summed E-state index contributed by atoms with van der Waals surface area (Å²) in [7, 11) is 0. The Kier molecular flexibility index (Phi) is 3.69. The highest BCUT2D eigenvalue weighted by molar-refractivity contribution is 5.79. The van der Waals surface area contributed by atoms with Crippen molar-refractivity contribution in [2.45, 2.75) is 25.9 Å². The van der Waals surface area contributed by atoms with Crippen molar-refractivity contribution < 1.29 is 19.4 Å². The summed E-state index contributed by atoms with van der Waals surface area (Å²) < 4.78 is 11.8. The van der Waals surface area contributed by atoms with Gasteiger partial charge in [-0.25, -0.2) is 0 Å². The molecular formula is C24H20O4. The summed E-state index contributed by atoms with van der Waals surface area (Å²) in [5.74, 6) is 0.963. The normalized spacial score (nSPS) is 21.4. The van der Waals surface area contributed by atoms with Crippen molar-refractivity contribution in [1.29, 1.82) is 0 Å². The third-order valence-corrected chi connectivity index (χ3v) is 5.71. The van der Waals surface area contributed by atoms with Crippen LogP contribution in [0.25, 0.3) is 11.1 Å². The molecule has 0 saturated heterocycles. The predicted octanol–water partition coefficient (Wildman–Crippen LogP) is 5.32. The van der Waals surface area contributed by atoms with E-state index in [1.54, 1.807) is 0 Å². The smallest absolute Gasteiger partial charge is 0.311 e. The molecule has 28 heavy (non-hydrogen) atoms. The summed E-state index contributed by atoms with van der Waals surface area (Å²) in [6.07, 6.45) is -0.223. The van der Waals surface area contributed by atoms with Crippen molar-refractivity contribution in [2.24, 2.45) is 5.92 Å². The fourth-order valence-electron chi connectivity index (χ4n) is 4.29. The summed E-state index contributed by atoms with van der Waals surface area (Å²) in [5.41, 5.74) is 5.90. The van der Waals surface area contributed by atoms with Gasteiger partial charge in [-0.1, -0.05) is 36.4 Å². The second-order valence-electron chi connectivity index (χ2n) is 7.57. The number of hydrogen-bond donors (Lipinski definition) is 1. The lowest BCUT2D eigenvalue weighted by molar-refractivity contribution is -0.139. The van der Waals surface area contributed by atoms with E-state index in [0.29, 0.717) is 5.75 Å². The van der Waals surface area contributed by atoms with E-state index in [2.05, 4.69) is 44.2 Å². The maximum Gasteiger partial charge on any atom is 0.311 e. The number of fused-ring (bicyclic) bond motifs is 3. The van der Waals surface area contributed by atoms with Gasteiger partial charge in [0.25, 0.3) is 0 Å². The number of benzene rings is 3. The number of rotatable bonds is 4. The van der Waals surface area contributed by atoms with Crippen LogP contribution >= 0.6 is 0 Å². The third kappa shape index (κ3) is 2.64. The number of aliphatic carboxylic acids is 1. The first kappa shape index (κ1) is 16.9. The highest BCUT2D eigenvalue weighted by Gasteiger charge is 2.63. The van der Waals surface area contributed by atoms with Crippen LogP contribution in [0, 0.1) is 19.8 Å². The minimum atomic E-state index is -0.787. The molecule has 140 valence electrons. The van der Waals surface area contributed by atoms with Crippen molar-refractivity contribution in [3.63, 3.8) is 0 Å². The molecule has 2 aliphatic rings. The zero-order valence-corrected chi connectivity index (χ0v) is 15.7. The number of ether oxygens (including phenoxy) is 2. The molecule has 0 radical (unpaired) electrons. The Balaban J connectivity index is 1.35. The maximum absolute atomic E-state index is 11.2. The quantitative estimate of drug-likeness (QED) is 0.673. The van der Waals surface area contributed by atoms with Gasteiger partial charge in [-0.3, -0.25) is 4.79 Å². The number of hydrogen-bond acceptors (Lipinski definition) is 3. The summed E-state index contributed by atoms with van der Waals surface area (Å²) in [6.45, 7) is 4.24. The van der Waals surface area contributed by atoms with Gasteiger partial charge in [0.1, 0.15) is 29.3 Å². The molecule has 1 aliphatic heterocycles. The molecular weight excluding hydrogens is 352 g/mol. The largest absolute Gasteiger partial charge is 0.488 e. The first-order chi connectivity index (χ1) is 13.5. The Bertz CT molecular complexity index is 1060. The molecule has 1 heterocycles. The number of carboxylic acid groups (broad SMARTS) is 1. The minimum Gasteiger partial charge on any atom is -0.488 e. The van der Waals surface area contributed by atoms with Gasteiger partial charge in [0, 0.05) is 17.5 Å². The van der Waals surface area contributed by atoms with Crippen LogP contribution in [0.5, 0.6) is 17.2 Å². The van der Waals surface area contributed by atoms with E-state index in [0.717, 1.165) is 17.1 Å². The van der Waals surface area contributed by atoms with Crippen LogP contribution < -0.4 is 9.47 Å². The van der Waals surface area contributed by atoms with E-state index in [4.69, 9.17) is 14.6 Å². The van der Waals surface area contributed by atoms with Crippen LogP contribution in [0.2, 0.25) is 0 Å². The minimum absolute atomic E-state index is 0.0156. The van der Waals surface area contributed by atoms with Crippen LogP contribution in [-0.2, 0) is 4.79 Å². The lowest BCUT2D eigenvalue weighted by Gasteiger charge is -2.12. The molecule has 1 fully saturated rings. The van der Waals surface area contributed by atoms with E-state index < -0.39 is 11.9 Å². The maximum atomic E-state index is 11.2. The second-order valence-corrected chi connectivity index (χ2v) is 7.57. The highest BCUT2D eigenvalue weighted by atomic mass is 16.5. The van der Waals surface area contributed by atoms with Crippen LogP contribution in [0.3, 0.4) is 0 Å². The van der Waals surface area contributed by atoms with Crippen molar-refractivity contribution in [3.05, 3.63) is 77.4 Å². The summed E-state index contributed by atoms with van der Waals surface area (Å²) >= 11 is 0. The Labute approximate surface area is 163 Å². The van der Waals surface area contributed by atoms with Crippen LogP contribution in [0.15, 0.2) is 60.7 Å². The molecule has 0 bridgehead atoms. The molecule has 5 rings (SSSR count). The number of carbonyl (C=O) groups is 1. The Morgan fingerprint density at radius 2 is 1.64 bits per heavy atom. The predicted molar refractivity (Wildman–Crippen MR) is 106 cm³/mol. The molecule has 3 aromatic rings. The Hall–Kier alpha value is -3.27. The van der Waals surface area contributed by atoms with Gasteiger partial charge in [0.2, 0.25) is 0 Å². The molecule has 1 N–H and O–H groups in total. The van der Waals surface area contributed by atoms with Gasteiger partial charge in [-0.05, 0) is 54.3 Å². The van der Waals surface area contributed by atoms with Crippen molar-refractivity contribution in [1.82, 2.24) is 0 Å². The molecule has 4 nitrogen and oxygen atoms in total. The van der Waals surface area contributed by atoms with Gasteiger partial charge in [-0.15, -0.1) is 0 Å². The molecule has 4 heteroatoms. The van der Waals surface area contributed by atoms with Gasteiger partial charge in [0.05, 0.1) is 0 Å². The zero-order valence-electron chi connectivity index (χ0n) is 15.7. The number of carboxylic acids is 1. The van der Waals surface area contributed by atoms with E-state index >= 15 is 0 Å². The van der Waals surface area contributed by atoms with Crippen molar-refractivity contribution in [2.75, 3.05) is 0 Å². The highest BCUT2D eigenvalue weighted by Crippen LogP contribution is 2.58. The van der Waals surface area contributed by atoms with Crippen LogP contribution in [0.1, 0.15) is 22.6 Å². The average Bonchev–Trinajstić information content (AvgIpc) is 3.26. The Morgan fingerprint density at radius 3 is 2.32 bits per heavy atom. The average molecular weight is 372 g/mol. The molecule has 0 aromatic heterocycles. The van der Waals surface area contributed by atoms with E-state index in [1.165, 1.54) is 22.3 Å². The van der Waals surface area contributed by atoms with Crippen molar-refractivity contribution >= 4 is 5.97 Å². The molecule has 1 saturated carbocycles. The summed E-state index contributed by atoms with van der Waals surface area (Å²) in [4.78, 5) is 11.2. The Morgan fingerprint density at radius 1 is 0.964 bits per heavy atom. The molecule has 0 amide bonds. The summed E-state index contributed by atoms with van der Waals surface area (Å²) in [6, 6.07) is 20.0. The van der Waals surface area contributed by atoms with E-state index in [-0.39, 0.29) is 12.0 Å². The first-order valence-electron chi connectivity index (χ1n) is 9.41. The fraction of sp³-hybridized carbons (Fsp3) is 0.208. The fourth-order valence-corrected chi connectivity index (χ4v) is 4.29. The van der Waals surface area contributed by atoms with E-state index in [9.17, 15) is 4.79 Å². The second kappa shape index (κ2) is 6.13. The van der Waals surface area contributed by atoms with Crippen LogP contribution in [0.4, 0.5) is 0 Å². The molecule has 0 spiro atoms. The van der Waals surface area contributed by atoms with Gasteiger partial charge in [0.15, 0.2) is 0 Å². The molecule has 3 aromatic carbocycles. The summed E-state index contributed by atoms with van der Waals surface area (Å²) in [5, 5.41) is 9.17. The van der Waals surface area contributed by atoms with E-state index in [1.807, 2.05) is 30.3 Å². The van der Waals surface area contributed by atoms with Crippen LogP contribution in [-0.4, -0.2) is 17.2 Å². The topological polar surface area (TPSA) is 55.8 Å². The third-order valence-electron chi connectivity index (χ3n) is 5.71. The molecule has 1 aliphatic carbocycles. The van der Waals surface area contributed by atoms with Gasteiger partial charge < -0.3 is 14.6 Å². The monoisotopic (exact) mass is 372 g/mol. The standard InChI is InChI=1S/C24H20O4/c1-13-4-3-5-14(2)20(13)15-6-8-16(9-7-15)27-17-10-11-18-19(12-17)28-23-21(18)22(23)24(25)26/h3-12,21-23H,1-2H3,(H,25,26).